The van der Waals surface area contributed by atoms with E-state index >= 15 is 0 Å². The number of hydrogen-bond acceptors (Lipinski definition) is 3. The Balaban J connectivity index is 0.000000405. The van der Waals surface area contributed by atoms with Gasteiger partial charge in [0.05, 0.1) is 34.4 Å². The molecule has 54 heavy (non-hydrogen) atoms. The van der Waals surface area contributed by atoms with Crippen LogP contribution in [0.5, 0.6) is 0 Å². The lowest BCUT2D eigenvalue weighted by molar-refractivity contribution is -0.142. The largest absolute Gasteiger partial charge is 0.481 e. The topological polar surface area (TPSA) is 97.5 Å². The average molecular weight is 859 g/mol. The number of primary amides is 1. The van der Waals surface area contributed by atoms with E-state index in [1.54, 1.807) is 0 Å². The highest BCUT2D eigenvalue weighted by Gasteiger charge is 2.38. The molecule has 0 aliphatic heterocycles. The van der Waals surface area contributed by atoms with Gasteiger partial charge in [-0.15, -0.1) is 34.8 Å². The van der Waals surface area contributed by atoms with Crippen LogP contribution in [0, 0.1) is 0 Å². The van der Waals surface area contributed by atoms with Crippen molar-refractivity contribution < 1.29 is 59.0 Å². The molecule has 0 saturated heterocycles. The van der Waals surface area contributed by atoms with Gasteiger partial charge in [-0.1, -0.05) is 54.6 Å². The second-order valence-electron chi connectivity index (χ2n) is 11.5. The number of alkyl halides is 12. The summed E-state index contributed by atoms with van der Waals surface area (Å²) in [7, 11) is 0. The van der Waals surface area contributed by atoms with Gasteiger partial charge in [-0.05, 0) is 85.0 Å². The smallest absolute Gasteiger partial charge is 0.416 e. The molecule has 0 aliphatic rings. The molecule has 3 N–H and O–H groups in total. The maximum Gasteiger partial charge on any atom is 0.416 e. The zero-order valence-electron chi connectivity index (χ0n) is 28.2. The third kappa shape index (κ3) is 15.9. The number of carbonyl (C=O) groups is 3. The van der Waals surface area contributed by atoms with E-state index in [9.17, 15) is 53.9 Å². The number of aliphatic carboxylic acids is 1. The van der Waals surface area contributed by atoms with Crippen molar-refractivity contribution in [2.75, 3.05) is 17.6 Å². The molecule has 5 nitrogen and oxygen atoms in total. The Kier molecular flexibility index (Phi) is 20.8. The minimum Gasteiger partial charge on any atom is -0.481 e. The highest BCUT2D eigenvalue weighted by Crippen LogP contribution is 2.39. The van der Waals surface area contributed by atoms with Crippen molar-refractivity contribution in [2.45, 2.75) is 74.8 Å². The van der Waals surface area contributed by atoms with Crippen LogP contribution < -0.4 is 5.73 Å². The lowest BCUT2D eigenvalue weighted by atomic mass is 9.90. The molecule has 3 unspecified atom stereocenters. The molecule has 3 aromatic rings. The van der Waals surface area contributed by atoms with Gasteiger partial charge in [-0.25, -0.2) is 0 Å². The van der Waals surface area contributed by atoms with Gasteiger partial charge in [-0.2, -0.15) is 39.5 Å². The fraction of sp³-hybridized carbons (Fsp3) is 0.417. The van der Waals surface area contributed by atoms with E-state index in [-0.39, 0.29) is 53.6 Å². The minimum absolute atomic E-state index is 0.0809. The Hall–Kier alpha value is -3.20. The molecule has 0 aromatic heterocycles. The number of rotatable bonds is 15. The lowest BCUT2D eigenvalue weighted by Gasteiger charge is -2.18. The van der Waals surface area contributed by atoms with Crippen molar-refractivity contribution in [3.05, 3.63) is 106 Å². The third-order valence-electron chi connectivity index (χ3n) is 7.72. The number of halogens is 13. The van der Waals surface area contributed by atoms with Crippen molar-refractivity contribution in [2.24, 2.45) is 5.73 Å². The highest BCUT2D eigenvalue weighted by atomic mass is 35.5. The first kappa shape index (κ1) is 48.8. The van der Waals surface area contributed by atoms with Crippen molar-refractivity contribution in [3.63, 3.8) is 0 Å². The summed E-state index contributed by atoms with van der Waals surface area (Å²) in [6.45, 7) is 0. The fourth-order valence-corrected chi connectivity index (χ4v) is 5.96. The second-order valence-corrected chi connectivity index (χ2v) is 13.0. The average Bonchev–Trinajstić information content (AvgIpc) is 3.08. The fourth-order valence-electron chi connectivity index (χ4n) is 5.28. The van der Waals surface area contributed by atoms with Gasteiger partial charge in [0.25, 0.3) is 0 Å². The summed E-state index contributed by atoms with van der Waals surface area (Å²) in [6, 6.07) is 14.7. The van der Waals surface area contributed by atoms with Gasteiger partial charge >= 0.3 is 24.5 Å². The van der Waals surface area contributed by atoms with E-state index in [2.05, 4.69) is 0 Å². The molecule has 18 heteroatoms. The number of nitrogens with two attached hydrogens (primary N) is 1. The Morgan fingerprint density at radius 3 is 1.09 bits per heavy atom. The summed E-state index contributed by atoms with van der Waals surface area (Å²) in [5, 5.41) is 8.24. The number of hydrogen-bond donors (Lipinski definition) is 2. The van der Waals surface area contributed by atoms with E-state index in [1.165, 1.54) is 54.6 Å². The Bertz CT molecular complexity index is 1450. The van der Waals surface area contributed by atoms with Crippen LogP contribution in [0.25, 0.3) is 0 Å². The molecular formula is C36H36Cl4F9NO4. The van der Waals surface area contributed by atoms with E-state index < -0.39 is 70.1 Å². The van der Waals surface area contributed by atoms with Crippen LogP contribution in [-0.4, -0.2) is 39.9 Å². The lowest BCUT2D eigenvalue weighted by Crippen LogP contribution is -2.24. The predicted molar refractivity (Wildman–Crippen MR) is 190 cm³/mol. The maximum absolute atomic E-state index is 12.8. The van der Waals surface area contributed by atoms with E-state index in [0.29, 0.717) is 19.3 Å². The Morgan fingerprint density at radius 1 is 0.537 bits per heavy atom. The summed E-state index contributed by atoms with van der Waals surface area (Å²) >= 11 is 21.8. The monoisotopic (exact) mass is 857 g/mol. The number of benzene rings is 3. The van der Waals surface area contributed by atoms with Crippen molar-refractivity contribution >= 4 is 63.5 Å². The van der Waals surface area contributed by atoms with Gasteiger partial charge in [-0.3, -0.25) is 14.4 Å². The van der Waals surface area contributed by atoms with Crippen LogP contribution >= 0.6 is 46.4 Å². The molecule has 0 heterocycles. The number of carbonyl (C=O) groups excluding carboxylic acids is 2. The summed E-state index contributed by atoms with van der Waals surface area (Å²) in [6.07, 6.45) is -11.8. The van der Waals surface area contributed by atoms with E-state index in [1.807, 2.05) is 0 Å². The number of carboxylic acids is 1. The molecule has 3 atom stereocenters. The first-order valence-electron chi connectivity index (χ1n) is 16.0. The van der Waals surface area contributed by atoms with Gasteiger partial charge in [0, 0.05) is 17.6 Å². The van der Waals surface area contributed by atoms with Crippen molar-refractivity contribution in [1.82, 2.24) is 0 Å². The number of carboxylic acid groups (broad SMARTS) is 1. The Labute approximate surface area is 325 Å². The first-order valence-corrected chi connectivity index (χ1v) is 18.0. The van der Waals surface area contributed by atoms with Crippen LogP contribution in [0.3, 0.4) is 0 Å². The highest BCUT2D eigenvalue weighted by molar-refractivity contribution is 6.64. The SMILES string of the molecule is NC(=O)C(CCCCl)c1ccccc1C(F)(F)F.O=C(Cl)C(CCCCl)c1ccccc1C(F)(F)F.O=C(O)C(CCCCl)c1ccccc1C(F)(F)F. The van der Waals surface area contributed by atoms with Gasteiger partial charge in [0.2, 0.25) is 11.1 Å². The zero-order valence-corrected chi connectivity index (χ0v) is 31.2. The molecule has 1 amide bonds. The molecule has 0 aliphatic carbocycles. The van der Waals surface area contributed by atoms with E-state index in [0.717, 1.165) is 18.2 Å². The molecule has 300 valence electrons. The Morgan fingerprint density at radius 2 is 0.815 bits per heavy atom. The molecule has 0 bridgehead atoms. The number of amides is 1. The van der Waals surface area contributed by atoms with Crippen molar-refractivity contribution in [1.29, 1.82) is 0 Å². The zero-order chi connectivity index (χ0) is 41.3. The molecule has 0 saturated carbocycles. The van der Waals surface area contributed by atoms with Crippen LogP contribution in [0.4, 0.5) is 39.5 Å². The van der Waals surface area contributed by atoms with Crippen LogP contribution in [0.2, 0.25) is 0 Å². The summed E-state index contributed by atoms with van der Waals surface area (Å²) in [5.74, 6) is -4.37. The maximum atomic E-state index is 12.8. The first-order chi connectivity index (χ1) is 25.1. The molecule has 0 radical (unpaired) electrons. The van der Waals surface area contributed by atoms with Gasteiger partial charge in [0.1, 0.15) is 0 Å². The van der Waals surface area contributed by atoms with Gasteiger partial charge < -0.3 is 10.8 Å². The minimum atomic E-state index is -4.55. The summed E-state index contributed by atoms with van der Waals surface area (Å²) in [4.78, 5) is 33.7. The summed E-state index contributed by atoms with van der Waals surface area (Å²) < 4.78 is 115. The molecule has 3 aromatic carbocycles. The van der Waals surface area contributed by atoms with E-state index in [4.69, 9.17) is 57.2 Å². The predicted octanol–water partition coefficient (Wildman–Crippen LogP) is 11.8. The second kappa shape index (κ2) is 23.0. The molecule has 0 spiro atoms. The van der Waals surface area contributed by atoms with Crippen LogP contribution in [-0.2, 0) is 32.9 Å². The molecule has 3 rings (SSSR count). The summed E-state index contributed by atoms with van der Waals surface area (Å²) in [5.41, 5.74) is 2.26. The van der Waals surface area contributed by atoms with Gasteiger partial charge in [0.15, 0.2) is 0 Å². The van der Waals surface area contributed by atoms with Crippen LogP contribution in [0.1, 0.15) is 89.7 Å². The standard InChI is InChI=1S/C12H11Cl2F3O.C12H13ClF3NO.C12H12ClF3O2/c13-7-3-5-9(11(14)18)8-4-1-2-6-10(8)12(15,16)17;2*13-7-3-5-9(11(17)18)8-4-1-2-6-10(8)12(14,15)16/h1-2,4,6,9H,3,5,7H2;1-2,4,6,9H,3,5,7H2,(H2,17,18);1-2,4,6,9H,3,5,7H2,(H,17,18). The third-order valence-corrected chi connectivity index (χ3v) is 8.78. The van der Waals surface area contributed by atoms with Crippen molar-refractivity contribution in [3.8, 4) is 0 Å². The quantitative estimate of drug-likeness (QED) is 0.0903. The normalized spacial score (nSPS) is 13.4. The molecular weight excluding hydrogens is 823 g/mol. The molecule has 0 fully saturated rings. The van der Waals surface area contributed by atoms with Crippen LogP contribution in [0.15, 0.2) is 72.8 Å².